The van der Waals surface area contributed by atoms with Crippen molar-refractivity contribution < 1.29 is 9.59 Å². The van der Waals surface area contributed by atoms with Gasteiger partial charge in [0.2, 0.25) is 11.8 Å². The van der Waals surface area contributed by atoms with E-state index in [1.807, 2.05) is 43.3 Å². The Morgan fingerprint density at radius 3 is 2.78 bits per heavy atom. The summed E-state index contributed by atoms with van der Waals surface area (Å²) in [6.07, 6.45) is 3.19. The lowest BCUT2D eigenvalue weighted by molar-refractivity contribution is -0.120. The summed E-state index contributed by atoms with van der Waals surface area (Å²) in [5, 5.41) is 17.8. The number of hydrogen-bond acceptors (Lipinski definition) is 5. The van der Waals surface area contributed by atoms with E-state index in [-0.39, 0.29) is 17.7 Å². The average molecular weight is 451 g/mol. The molecule has 0 bridgehead atoms. The number of carbonyl (C=O) groups excluding carboxylic acids is 2. The van der Waals surface area contributed by atoms with Crippen LogP contribution in [0.3, 0.4) is 0 Å². The fourth-order valence-corrected chi connectivity index (χ4v) is 4.67. The van der Waals surface area contributed by atoms with E-state index in [9.17, 15) is 9.59 Å². The van der Waals surface area contributed by atoms with E-state index in [2.05, 4.69) is 25.9 Å². The first-order valence-corrected chi connectivity index (χ1v) is 11.2. The van der Waals surface area contributed by atoms with Gasteiger partial charge in [0.15, 0.2) is 5.82 Å². The maximum atomic E-state index is 13.2. The largest absolute Gasteiger partial charge is 0.325 e. The lowest BCUT2D eigenvalue weighted by Gasteiger charge is -2.21. The number of anilines is 2. The molecular formula is C23H23ClN6O2. The molecule has 1 saturated heterocycles. The number of H-pyrrole nitrogens is 1. The van der Waals surface area contributed by atoms with E-state index < -0.39 is 5.41 Å². The molecule has 1 atom stereocenters. The highest BCUT2D eigenvalue weighted by Crippen LogP contribution is 2.49. The molecule has 2 heterocycles. The third-order valence-electron chi connectivity index (χ3n) is 6.52. The van der Waals surface area contributed by atoms with E-state index in [4.69, 9.17) is 11.6 Å². The molecule has 32 heavy (non-hydrogen) atoms. The van der Waals surface area contributed by atoms with Crippen molar-refractivity contribution in [3.63, 3.8) is 0 Å². The fourth-order valence-electron chi connectivity index (χ4n) is 4.48. The molecule has 9 heteroatoms. The third-order valence-corrected chi connectivity index (χ3v) is 6.75. The van der Waals surface area contributed by atoms with Gasteiger partial charge in [-0.25, -0.2) is 5.10 Å². The normalized spacial score (nSPS) is 19.2. The van der Waals surface area contributed by atoms with Crippen molar-refractivity contribution in [3.8, 4) is 11.4 Å². The minimum Gasteiger partial charge on any atom is -0.325 e. The van der Waals surface area contributed by atoms with Gasteiger partial charge in [-0.15, -0.1) is 5.10 Å². The predicted molar refractivity (Wildman–Crippen MR) is 121 cm³/mol. The molecule has 1 saturated carbocycles. The van der Waals surface area contributed by atoms with E-state index >= 15 is 0 Å². The van der Waals surface area contributed by atoms with Crippen LogP contribution in [0.5, 0.6) is 0 Å². The zero-order valence-electron chi connectivity index (χ0n) is 17.6. The van der Waals surface area contributed by atoms with Gasteiger partial charge in [0, 0.05) is 28.7 Å². The van der Waals surface area contributed by atoms with Crippen LogP contribution in [0.4, 0.5) is 11.4 Å². The molecule has 2 amide bonds. The van der Waals surface area contributed by atoms with Gasteiger partial charge in [0.25, 0.3) is 0 Å². The Kier molecular flexibility index (Phi) is 5.17. The summed E-state index contributed by atoms with van der Waals surface area (Å²) in [5.41, 5.74) is 2.39. The van der Waals surface area contributed by atoms with Gasteiger partial charge in [-0.3, -0.25) is 9.59 Å². The number of tetrazole rings is 1. The number of aromatic amines is 1. The Balaban J connectivity index is 1.45. The molecule has 1 aromatic heterocycles. The second kappa shape index (κ2) is 8.02. The smallest absolute Gasteiger partial charge is 0.235 e. The van der Waals surface area contributed by atoms with Gasteiger partial charge in [0.1, 0.15) is 0 Å². The van der Waals surface area contributed by atoms with Gasteiger partial charge < -0.3 is 10.2 Å². The molecular weight excluding hydrogens is 428 g/mol. The SMILES string of the molecule is CCC1CCN(c2ccc(NC(=O)C3(c4cccc(Cl)c4)CC3)cc2-c2nnn[nH]2)C1=O. The fraction of sp³-hybridized carbons (Fsp3) is 0.348. The number of aromatic nitrogens is 4. The first-order valence-electron chi connectivity index (χ1n) is 10.8. The summed E-state index contributed by atoms with van der Waals surface area (Å²) in [4.78, 5) is 27.8. The van der Waals surface area contributed by atoms with Gasteiger partial charge in [-0.2, -0.15) is 0 Å². The monoisotopic (exact) mass is 450 g/mol. The van der Waals surface area contributed by atoms with E-state index in [1.54, 1.807) is 11.0 Å². The molecule has 2 fully saturated rings. The van der Waals surface area contributed by atoms with Crippen LogP contribution >= 0.6 is 11.6 Å². The lowest BCUT2D eigenvalue weighted by atomic mass is 9.95. The topological polar surface area (TPSA) is 104 Å². The quantitative estimate of drug-likeness (QED) is 0.591. The number of nitrogens with one attached hydrogen (secondary N) is 2. The molecule has 1 aliphatic heterocycles. The van der Waals surface area contributed by atoms with Crippen LogP contribution in [0.15, 0.2) is 42.5 Å². The molecule has 2 N–H and O–H groups in total. The second-order valence-electron chi connectivity index (χ2n) is 8.41. The Hall–Kier alpha value is -3.26. The minimum atomic E-state index is -0.559. The standard InChI is InChI=1S/C23H23ClN6O2/c1-2-14-8-11-30(21(14)31)19-7-6-17(13-18(19)20-26-28-29-27-20)25-22(32)23(9-10-23)15-4-3-5-16(24)12-15/h3-7,12-14H,2,8-11H2,1H3,(H,25,32)(H,26,27,28,29). The summed E-state index contributed by atoms with van der Waals surface area (Å²) in [7, 11) is 0. The van der Waals surface area contributed by atoms with Crippen LogP contribution in [0.25, 0.3) is 11.4 Å². The van der Waals surface area contributed by atoms with Gasteiger partial charge in [0.05, 0.1) is 11.1 Å². The zero-order valence-corrected chi connectivity index (χ0v) is 18.4. The molecule has 1 aliphatic carbocycles. The Bertz CT molecular complexity index is 1170. The maximum Gasteiger partial charge on any atom is 0.235 e. The Morgan fingerprint density at radius 2 is 2.12 bits per heavy atom. The van der Waals surface area contributed by atoms with Crippen molar-refractivity contribution in [2.24, 2.45) is 5.92 Å². The van der Waals surface area contributed by atoms with Crippen LogP contribution in [0.2, 0.25) is 5.02 Å². The number of rotatable bonds is 6. The molecule has 8 nitrogen and oxygen atoms in total. The molecule has 2 aromatic carbocycles. The molecule has 5 rings (SSSR count). The molecule has 164 valence electrons. The maximum absolute atomic E-state index is 13.2. The van der Waals surface area contributed by atoms with E-state index in [0.717, 1.165) is 36.9 Å². The minimum absolute atomic E-state index is 0.0301. The van der Waals surface area contributed by atoms with Gasteiger partial charge in [-0.05, 0) is 72.0 Å². The summed E-state index contributed by atoms with van der Waals surface area (Å²) < 4.78 is 0. The molecule has 2 aliphatic rings. The van der Waals surface area contributed by atoms with Crippen LogP contribution in [0.1, 0.15) is 38.2 Å². The summed E-state index contributed by atoms with van der Waals surface area (Å²) in [5.74, 6) is 0.510. The van der Waals surface area contributed by atoms with Crippen LogP contribution in [0, 0.1) is 5.92 Å². The number of carbonyl (C=O) groups is 2. The zero-order chi connectivity index (χ0) is 22.3. The van der Waals surface area contributed by atoms with Gasteiger partial charge in [-0.1, -0.05) is 30.7 Å². The average Bonchev–Trinajstić information content (AvgIpc) is 3.26. The molecule has 3 aromatic rings. The van der Waals surface area contributed by atoms with Crippen LogP contribution < -0.4 is 10.2 Å². The highest BCUT2D eigenvalue weighted by molar-refractivity contribution is 6.30. The number of halogens is 1. The molecule has 0 spiro atoms. The second-order valence-corrected chi connectivity index (χ2v) is 8.85. The van der Waals surface area contributed by atoms with E-state index in [1.165, 1.54) is 0 Å². The lowest BCUT2D eigenvalue weighted by Crippen LogP contribution is -2.29. The number of benzene rings is 2. The van der Waals surface area contributed by atoms with Crippen molar-refractivity contribution >= 4 is 34.8 Å². The highest BCUT2D eigenvalue weighted by Gasteiger charge is 2.51. The van der Waals surface area contributed by atoms with Crippen LogP contribution in [-0.4, -0.2) is 39.0 Å². The molecule has 1 unspecified atom stereocenters. The molecule has 0 radical (unpaired) electrons. The third kappa shape index (κ3) is 3.54. The predicted octanol–water partition coefficient (Wildman–Crippen LogP) is 3.95. The Labute approximate surface area is 190 Å². The van der Waals surface area contributed by atoms with Crippen molar-refractivity contribution in [2.75, 3.05) is 16.8 Å². The number of hydrogen-bond donors (Lipinski definition) is 2. The number of nitrogens with zero attached hydrogens (tertiary/aromatic N) is 4. The Morgan fingerprint density at radius 1 is 1.28 bits per heavy atom. The highest BCUT2D eigenvalue weighted by atomic mass is 35.5. The van der Waals surface area contributed by atoms with Gasteiger partial charge >= 0.3 is 0 Å². The summed E-state index contributed by atoms with van der Waals surface area (Å²) >= 11 is 6.15. The summed E-state index contributed by atoms with van der Waals surface area (Å²) in [6, 6.07) is 12.9. The number of amides is 2. The first-order chi connectivity index (χ1) is 15.5. The van der Waals surface area contributed by atoms with Crippen LogP contribution in [-0.2, 0) is 15.0 Å². The van der Waals surface area contributed by atoms with Crippen molar-refractivity contribution in [1.82, 2.24) is 20.6 Å². The van der Waals surface area contributed by atoms with E-state index in [0.29, 0.717) is 28.6 Å². The van der Waals surface area contributed by atoms with Crippen molar-refractivity contribution in [3.05, 3.63) is 53.1 Å². The first kappa shape index (κ1) is 20.6. The van der Waals surface area contributed by atoms with Crippen molar-refractivity contribution in [2.45, 2.75) is 38.0 Å². The van der Waals surface area contributed by atoms with Crippen molar-refractivity contribution in [1.29, 1.82) is 0 Å². The summed E-state index contributed by atoms with van der Waals surface area (Å²) in [6.45, 7) is 2.68.